The predicted molar refractivity (Wildman–Crippen MR) is 74.7 cm³/mol. The Bertz CT molecular complexity index is 470. The summed E-state index contributed by atoms with van der Waals surface area (Å²) >= 11 is 0. The van der Waals surface area contributed by atoms with E-state index >= 15 is 0 Å². The first-order chi connectivity index (χ1) is 9.52. The lowest BCUT2D eigenvalue weighted by atomic mass is 10.1. The third-order valence-corrected chi connectivity index (χ3v) is 3.73. The highest BCUT2D eigenvalue weighted by molar-refractivity contribution is 5.89. The van der Waals surface area contributed by atoms with E-state index < -0.39 is 0 Å². The number of nitrogens with one attached hydrogen (secondary N) is 2. The van der Waals surface area contributed by atoms with E-state index in [0.29, 0.717) is 13.0 Å². The van der Waals surface area contributed by atoms with Crippen LogP contribution < -0.4 is 5.32 Å². The Kier molecular flexibility index (Phi) is 4.42. The minimum absolute atomic E-state index is 0.0613. The van der Waals surface area contributed by atoms with Crippen molar-refractivity contribution >= 4 is 11.8 Å². The van der Waals surface area contributed by atoms with E-state index in [4.69, 9.17) is 0 Å². The van der Waals surface area contributed by atoms with Crippen LogP contribution in [0.15, 0.2) is 12.4 Å². The van der Waals surface area contributed by atoms with Crippen LogP contribution in [0.1, 0.15) is 45.5 Å². The van der Waals surface area contributed by atoms with Crippen LogP contribution in [0, 0.1) is 5.92 Å². The molecule has 0 aromatic carbocycles. The summed E-state index contributed by atoms with van der Waals surface area (Å²) in [5.41, 5.74) is 0. The van der Waals surface area contributed by atoms with Gasteiger partial charge in [0.2, 0.25) is 11.8 Å². The van der Waals surface area contributed by atoms with E-state index in [1.165, 1.54) is 0 Å². The molecule has 2 rings (SSSR count). The zero-order valence-corrected chi connectivity index (χ0v) is 12.2. The third kappa shape index (κ3) is 3.00. The highest BCUT2D eigenvalue weighted by Crippen LogP contribution is 2.21. The van der Waals surface area contributed by atoms with Crippen LogP contribution in [0.4, 0.5) is 0 Å². The Morgan fingerprint density at radius 3 is 2.85 bits per heavy atom. The van der Waals surface area contributed by atoms with E-state index in [-0.39, 0.29) is 29.8 Å². The van der Waals surface area contributed by atoms with Crippen LogP contribution in [0.2, 0.25) is 0 Å². The van der Waals surface area contributed by atoms with E-state index in [9.17, 15) is 9.59 Å². The maximum absolute atomic E-state index is 12.3. The van der Waals surface area contributed by atoms with Crippen molar-refractivity contribution in [2.45, 2.75) is 45.7 Å². The highest BCUT2D eigenvalue weighted by atomic mass is 16.2. The summed E-state index contributed by atoms with van der Waals surface area (Å²) in [5, 5.41) is 2.98. The number of hydrogen-bond donors (Lipinski definition) is 2. The second kappa shape index (κ2) is 6.07. The lowest BCUT2D eigenvalue weighted by molar-refractivity contribution is -0.130. The molecule has 6 heteroatoms. The van der Waals surface area contributed by atoms with Gasteiger partial charge in [0.15, 0.2) is 0 Å². The van der Waals surface area contributed by atoms with Crippen LogP contribution >= 0.6 is 0 Å². The first-order valence-corrected chi connectivity index (χ1v) is 7.12. The first-order valence-electron chi connectivity index (χ1n) is 7.12. The maximum atomic E-state index is 12.3. The second-order valence-corrected chi connectivity index (χ2v) is 5.48. The zero-order valence-electron chi connectivity index (χ0n) is 12.2. The number of imidazole rings is 1. The van der Waals surface area contributed by atoms with Crippen LogP contribution in [0.3, 0.4) is 0 Å². The Morgan fingerprint density at radius 2 is 2.35 bits per heavy atom. The summed E-state index contributed by atoms with van der Waals surface area (Å²) in [6, 6.07) is 0.0213. The Labute approximate surface area is 119 Å². The number of carbonyl (C=O) groups excluding carboxylic acids is 2. The van der Waals surface area contributed by atoms with Crippen molar-refractivity contribution in [1.29, 1.82) is 0 Å². The predicted octanol–water partition coefficient (Wildman–Crippen LogP) is 1.23. The van der Waals surface area contributed by atoms with Gasteiger partial charge in [0.25, 0.3) is 0 Å². The van der Waals surface area contributed by atoms with Crippen molar-refractivity contribution in [3.8, 4) is 0 Å². The number of aromatic nitrogens is 2. The Hall–Kier alpha value is -1.85. The molecule has 2 N–H and O–H groups in total. The third-order valence-electron chi connectivity index (χ3n) is 3.73. The summed E-state index contributed by atoms with van der Waals surface area (Å²) in [7, 11) is 0. The topological polar surface area (TPSA) is 78.1 Å². The van der Waals surface area contributed by atoms with E-state index in [0.717, 1.165) is 12.2 Å². The van der Waals surface area contributed by atoms with Crippen LogP contribution in [-0.4, -0.2) is 39.3 Å². The molecule has 1 aromatic heterocycles. The fraction of sp³-hybridized carbons (Fsp3) is 0.643. The molecule has 0 aliphatic carbocycles. The lowest BCUT2D eigenvalue weighted by Gasteiger charge is -2.21. The molecular formula is C14H22N4O2. The average Bonchev–Trinajstić information content (AvgIpc) is 3.04. The molecule has 0 radical (unpaired) electrons. The molecule has 0 bridgehead atoms. The number of carbonyl (C=O) groups is 2. The molecule has 2 atom stereocenters. The number of aromatic amines is 1. The molecule has 20 heavy (non-hydrogen) atoms. The largest absolute Gasteiger partial charge is 0.347 e. The number of H-pyrrole nitrogens is 1. The Morgan fingerprint density at radius 1 is 1.60 bits per heavy atom. The number of rotatable bonds is 5. The molecule has 1 aliphatic heterocycles. The van der Waals surface area contributed by atoms with Gasteiger partial charge >= 0.3 is 0 Å². The molecule has 0 saturated carbocycles. The minimum Gasteiger partial charge on any atom is -0.347 e. The first kappa shape index (κ1) is 14.6. The van der Waals surface area contributed by atoms with Crippen molar-refractivity contribution in [3.63, 3.8) is 0 Å². The van der Waals surface area contributed by atoms with E-state index in [2.05, 4.69) is 15.3 Å². The molecule has 1 saturated heterocycles. The summed E-state index contributed by atoms with van der Waals surface area (Å²) in [4.78, 5) is 33.1. The van der Waals surface area contributed by atoms with Crippen molar-refractivity contribution in [2.75, 3.05) is 6.54 Å². The average molecular weight is 278 g/mol. The van der Waals surface area contributed by atoms with Crippen LogP contribution in [0.25, 0.3) is 0 Å². The van der Waals surface area contributed by atoms with Crippen molar-refractivity contribution in [2.24, 2.45) is 5.92 Å². The highest BCUT2D eigenvalue weighted by Gasteiger charge is 2.36. The molecule has 0 spiro atoms. The van der Waals surface area contributed by atoms with E-state index in [1.807, 2.05) is 20.8 Å². The molecule has 2 amide bonds. The van der Waals surface area contributed by atoms with Gasteiger partial charge in [0, 0.05) is 31.4 Å². The normalized spacial score (nSPS) is 20.5. The van der Waals surface area contributed by atoms with Gasteiger partial charge in [-0.15, -0.1) is 0 Å². The van der Waals surface area contributed by atoms with Crippen LogP contribution in [-0.2, 0) is 9.59 Å². The molecular weight excluding hydrogens is 256 g/mol. The minimum atomic E-state index is -0.256. The Balaban J connectivity index is 1.97. The molecule has 1 aliphatic rings. The number of hydrogen-bond acceptors (Lipinski definition) is 3. The van der Waals surface area contributed by atoms with Crippen LogP contribution in [0.5, 0.6) is 0 Å². The monoisotopic (exact) mass is 278 g/mol. The number of amides is 2. The smallest absolute Gasteiger partial charge is 0.226 e. The fourth-order valence-corrected chi connectivity index (χ4v) is 2.53. The molecule has 2 unspecified atom stereocenters. The summed E-state index contributed by atoms with van der Waals surface area (Å²) < 4.78 is 0. The van der Waals surface area contributed by atoms with Gasteiger partial charge in [0.05, 0.1) is 12.0 Å². The van der Waals surface area contributed by atoms with Gasteiger partial charge in [0.1, 0.15) is 5.82 Å². The number of likely N-dealkylation sites (tertiary alicyclic amines) is 1. The van der Waals surface area contributed by atoms with Gasteiger partial charge in [-0.3, -0.25) is 9.59 Å². The SMILES string of the molecule is CCC(NC(=O)C1CC(=O)N(C(C)C)C1)c1ncc[nH]1. The lowest BCUT2D eigenvalue weighted by Crippen LogP contribution is -2.37. The summed E-state index contributed by atoms with van der Waals surface area (Å²) in [6.07, 6.45) is 4.47. The molecule has 1 fully saturated rings. The quantitative estimate of drug-likeness (QED) is 0.850. The standard InChI is InChI=1S/C14H22N4O2/c1-4-11(13-15-5-6-16-13)17-14(20)10-7-12(19)18(8-10)9(2)3/h5-6,9-11H,4,7-8H2,1-3H3,(H,15,16)(H,17,20). The molecule has 2 heterocycles. The van der Waals surface area contributed by atoms with Gasteiger partial charge < -0.3 is 15.2 Å². The van der Waals surface area contributed by atoms with Crippen molar-refractivity contribution in [3.05, 3.63) is 18.2 Å². The molecule has 6 nitrogen and oxygen atoms in total. The van der Waals surface area contributed by atoms with Gasteiger partial charge in [-0.25, -0.2) is 4.98 Å². The van der Waals surface area contributed by atoms with E-state index in [1.54, 1.807) is 17.3 Å². The zero-order chi connectivity index (χ0) is 14.7. The fourth-order valence-electron chi connectivity index (χ4n) is 2.53. The van der Waals surface area contributed by atoms with Gasteiger partial charge in [-0.05, 0) is 20.3 Å². The molecule has 1 aromatic rings. The van der Waals surface area contributed by atoms with Gasteiger partial charge in [-0.1, -0.05) is 6.92 Å². The van der Waals surface area contributed by atoms with Crippen molar-refractivity contribution in [1.82, 2.24) is 20.2 Å². The molecule has 110 valence electrons. The summed E-state index contributed by atoms with van der Waals surface area (Å²) in [5.74, 6) is 0.496. The number of nitrogens with zero attached hydrogens (tertiary/aromatic N) is 2. The summed E-state index contributed by atoms with van der Waals surface area (Å²) in [6.45, 7) is 6.44. The van der Waals surface area contributed by atoms with Crippen molar-refractivity contribution < 1.29 is 9.59 Å². The maximum Gasteiger partial charge on any atom is 0.226 e. The second-order valence-electron chi connectivity index (χ2n) is 5.48. The van der Waals surface area contributed by atoms with Gasteiger partial charge in [-0.2, -0.15) is 0 Å².